The summed E-state index contributed by atoms with van der Waals surface area (Å²) >= 11 is 0. The predicted molar refractivity (Wildman–Crippen MR) is 47.8 cm³/mol. The molecular weight excluding hydrogens is 152 g/mol. The summed E-state index contributed by atoms with van der Waals surface area (Å²) in [7, 11) is 0. The van der Waals surface area contributed by atoms with E-state index in [-0.39, 0.29) is 0 Å². The molecule has 0 spiro atoms. The molecule has 1 unspecified atom stereocenters. The second-order valence-corrected chi connectivity index (χ2v) is 3.19. The van der Waals surface area contributed by atoms with Crippen molar-refractivity contribution in [2.75, 3.05) is 0 Å². The zero-order valence-corrected chi connectivity index (χ0v) is 7.24. The molecule has 0 bridgehead atoms. The van der Waals surface area contributed by atoms with Crippen LogP contribution < -0.4 is 0 Å². The second kappa shape index (κ2) is 2.97. The third kappa shape index (κ3) is 1.64. The van der Waals surface area contributed by atoms with E-state index >= 15 is 0 Å². The molecule has 0 amide bonds. The summed E-state index contributed by atoms with van der Waals surface area (Å²) in [6.45, 7) is 3.61. The maximum absolute atomic E-state index is 10.8. The lowest BCUT2D eigenvalue weighted by Crippen LogP contribution is -2.21. The smallest absolute Gasteiger partial charge is 0.317 e. The quantitative estimate of drug-likeness (QED) is 0.644. The summed E-state index contributed by atoms with van der Waals surface area (Å²) in [6.07, 6.45) is 8.88. The Bertz CT molecular complexity index is 284. The first-order valence-corrected chi connectivity index (χ1v) is 3.83. The van der Waals surface area contributed by atoms with E-state index in [2.05, 4.69) is 0 Å². The van der Waals surface area contributed by atoms with Crippen LogP contribution in [0.25, 0.3) is 0 Å². The van der Waals surface area contributed by atoms with Crippen molar-refractivity contribution in [1.82, 2.24) is 0 Å². The molecule has 2 heteroatoms. The van der Waals surface area contributed by atoms with Gasteiger partial charge in [-0.25, -0.2) is 0 Å². The predicted octanol–water partition coefficient (Wildman–Crippen LogP) is 2.15. The Balaban J connectivity index is 3.00. The number of carboxylic acids is 1. The van der Waals surface area contributed by atoms with Crippen LogP contribution >= 0.6 is 0 Å². The molecule has 0 heterocycles. The number of carbonyl (C=O) groups is 1. The van der Waals surface area contributed by atoms with Crippen LogP contribution in [0.5, 0.6) is 0 Å². The summed E-state index contributed by atoms with van der Waals surface area (Å²) in [4.78, 5) is 10.8. The molecule has 0 fully saturated rings. The van der Waals surface area contributed by atoms with Gasteiger partial charge in [-0.05, 0) is 13.8 Å². The molecule has 0 saturated heterocycles. The Morgan fingerprint density at radius 3 is 2.75 bits per heavy atom. The summed E-state index contributed by atoms with van der Waals surface area (Å²) in [6, 6.07) is 0. The fraction of sp³-hybridized carbons (Fsp3) is 0.300. The van der Waals surface area contributed by atoms with Gasteiger partial charge in [-0.3, -0.25) is 4.79 Å². The van der Waals surface area contributed by atoms with Gasteiger partial charge < -0.3 is 5.11 Å². The van der Waals surface area contributed by atoms with E-state index in [1.54, 1.807) is 25.2 Å². The van der Waals surface area contributed by atoms with E-state index in [1.165, 1.54) is 0 Å². The Hall–Kier alpha value is -1.31. The van der Waals surface area contributed by atoms with Gasteiger partial charge in [0.05, 0.1) is 0 Å². The topological polar surface area (TPSA) is 37.3 Å². The average molecular weight is 164 g/mol. The molecule has 2 nitrogen and oxygen atoms in total. The summed E-state index contributed by atoms with van der Waals surface area (Å²) in [5.41, 5.74) is 0.213. The van der Waals surface area contributed by atoms with Gasteiger partial charge in [0.15, 0.2) is 0 Å². The number of hydrogen-bond acceptors (Lipinski definition) is 1. The first-order valence-electron chi connectivity index (χ1n) is 3.83. The van der Waals surface area contributed by atoms with Crippen molar-refractivity contribution in [2.24, 2.45) is 5.41 Å². The van der Waals surface area contributed by atoms with Crippen LogP contribution in [0.2, 0.25) is 0 Å². The monoisotopic (exact) mass is 164 g/mol. The summed E-state index contributed by atoms with van der Waals surface area (Å²) < 4.78 is 0. The number of allylic oxidation sites excluding steroid dienone is 4. The van der Waals surface area contributed by atoms with Crippen molar-refractivity contribution in [2.45, 2.75) is 13.8 Å². The van der Waals surface area contributed by atoms with Gasteiger partial charge >= 0.3 is 5.97 Å². The van der Waals surface area contributed by atoms with Crippen molar-refractivity contribution in [3.8, 4) is 0 Å². The Morgan fingerprint density at radius 1 is 1.50 bits per heavy atom. The molecule has 1 rings (SSSR count). The molecule has 0 aromatic heterocycles. The van der Waals surface area contributed by atoms with Crippen LogP contribution in [0.4, 0.5) is 0 Å². The summed E-state index contributed by atoms with van der Waals surface area (Å²) in [5.74, 6) is -0.821. The Kier molecular flexibility index (Phi) is 2.18. The van der Waals surface area contributed by atoms with E-state index in [1.807, 2.05) is 19.1 Å². The minimum atomic E-state index is -0.853. The van der Waals surface area contributed by atoms with Gasteiger partial charge in [-0.2, -0.15) is 0 Å². The van der Waals surface area contributed by atoms with Crippen molar-refractivity contribution < 1.29 is 9.90 Å². The van der Waals surface area contributed by atoms with Crippen LogP contribution in [0.15, 0.2) is 36.0 Å². The van der Waals surface area contributed by atoms with Crippen LogP contribution in [0.1, 0.15) is 13.8 Å². The zero-order valence-electron chi connectivity index (χ0n) is 7.24. The van der Waals surface area contributed by atoms with Crippen LogP contribution in [0, 0.1) is 5.41 Å². The molecule has 1 N–H and O–H groups in total. The minimum Gasteiger partial charge on any atom is -0.480 e. The van der Waals surface area contributed by atoms with Gasteiger partial charge in [0.1, 0.15) is 5.41 Å². The maximum atomic E-state index is 10.8. The largest absolute Gasteiger partial charge is 0.480 e. The van der Waals surface area contributed by atoms with E-state index in [0.717, 1.165) is 5.57 Å². The van der Waals surface area contributed by atoms with Crippen LogP contribution in [-0.4, -0.2) is 11.1 Å². The highest BCUT2D eigenvalue weighted by Gasteiger charge is 2.26. The van der Waals surface area contributed by atoms with E-state index in [0.29, 0.717) is 0 Å². The van der Waals surface area contributed by atoms with Gasteiger partial charge in [0, 0.05) is 0 Å². The molecular formula is C10H12O2. The Labute approximate surface area is 71.9 Å². The third-order valence-electron chi connectivity index (χ3n) is 1.95. The second-order valence-electron chi connectivity index (χ2n) is 3.19. The van der Waals surface area contributed by atoms with E-state index in [9.17, 15) is 4.79 Å². The lowest BCUT2D eigenvalue weighted by atomic mass is 9.90. The number of hydrogen-bond donors (Lipinski definition) is 1. The van der Waals surface area contributed by atoms with Crippen molar-refractivity contribution >= 4 is 5.97 Å². The molecule has 64 valence electrons. The first kappa shape index (κ1) is 8.78. The van der Waals surface area contributed by atoms with Gasteiger partial charge in [-0.1, -0.05) is 36.0 Å². The standard InChI is InChI=1S/C10H12O2/c1-8-4-3-6-10(2,7-5-8)9(11)12/h3-7H,1-2H3,(H,11,12). The molecule has 0 radical (unpaired) electrons. The molecule has 0 saturated carbocycles. The molecule has 1 atom stereocenters. The van der Waals surface area contributed by atoms with Gasteiger partial charge in [0.25, 0.3) is 0 Å². The lowest BCUT2D eigenvalue weighted by molar-refractivity contribution is -0.142. The molecule has 0 aromatic rings. The highest BCUT2D eigenvalue weighted by atomic mass is 16.4. The minimum absolute atomic E-state index is 0.821. The van der Waals surface area contributed by atoms with E-state index in [4.69, 9.17) is 5.11 Å². The molecule has 12 heavy (non-hydrogen) atoms. The lowest BCUT2D eigenvalue weighted by Gasteiger charge is -2.13. The molecule has 0 aromatic carbocycles. The van der Waals surface area contributed by atoms with Crippen molar-refractivity contribution in [3.63, 3.8) is 0 Å². The van der Waals surface area contributed by atoms with Crippen LogP contribution in [0.3, 0.4) is 0 Å². The fourth-order valence-corrected chi connectivity index (χ4v) is 0.958. The molecule has 0 aliphatic heterocycles. The molecule has 1 aliphatic carbocycles. The van der Waals surface area contributed by atoms with Gasteiger partial charge in [-0.15, -0.1) is 0 Å². The summed E-state index contributed by atoms with van der Waals surface area (Å²) in [5, 5.41) is 8.88. The van der Waals surface area contributed by atoms with Crippen molar-refractivity contribution in [1.29, 1.82) is 0 Å². The SMILES string of the molecule is CC1=CC=CC(C)(C(=O)O)C=C1. The third-order valence-corrected chi connectivity index (χ3v) is 1.95. The Morgan fingerprint density at radius 2 is 2.17 bits per heavy atom. The first-order chi connectivity index (χ1) is 5.54. The highest BCUT2D eigenvalue weighted by molar-refractivity contribution is 5.79. The number of carboxylic acid groups (broad SMARTS) is 1. The zero-order chi connectivity index (χ0) is 9.19. The number of rotatable bonds is 1. The molecule has 1 aliphatic rings. The highest BCUT2D eigenvalue weighted by Crippen LogP contribution is 2.23. The maximum Gasteiger partial charge on any atom is 0.317 e. The number of aliphatic carboxylic acids is 1. The fourth-order valence-electron chi connectivity index (χ4n) is 0.958. The van der Waals surface area contributed by atoms with Crippen molar-refractivity contribution in [3.05, 3.63) is 36.0 Å². The average Bonchev–Trinajstić information content (AvgIpc) is 2.15. The van der Waals surface area contributed by atoms with Gasteiger partial charge in [0.2, 0.25) is 0 Å². The normalized spacial score (nSPS) is 28.0. The van der Waals surface area contributed by atoms with E-state index < -0.39 is 11.4 Å². The van der Waals surface area contributed by atoms with Crippen LogP contribution in [-0.2, 0) is 4.79 Å².